The molecular formula is C16H21N3OS. The third kappa shape index (κ3) is 2.69. The number of rotatable bonds is 3. The fourth-order valence-electron chi connectivity index (χ4n) is 3.39. The molecular weight excluding hydrogens is 282 g/mol. The van der Waals surface area contributed by atoms with Crippen LogP contribution in [0.3, 0.4) is 0 Å². The highest BCUT2D eigenvalue weighted by Crippen LogP contribution is 2.30. The van der Waals surface area contributed by atoms with Crippen molar-refractivity contribution >= 4 is 22.9 Å². The lowest BCUT2D eigenvalue weighted by atomic mass is 10.0. The molecule has 21 heavy (non-hydrogen) atoms. The average Bonchev–Trinajstić information content (AvgIpc) is 3.16. The first-order chi connectivity index (χ1) is 10.4. The molecule has 5 heteroatoms. The molecule has 2 aromatic rings. The van der Waals surface area contributed by atoms with Gasteiger partial charge in [0.15, 0.2) is 5.65 Å². The van der Waals surface area contributed by atoms with E-state index < -0.39 is 0 Å². The topological polar surface area (TPSA) is 39.9 Å². The second kappa shape index (κ2) is 5.97. The first-order valence-electron chi connectivity index (χ1n) is 7.88. The van der Waals surface area contributed by atoms with E-state index >= 15 is 0 Å². The summed E-state index contributed by atoms with van der Waals surface area (Å²) < 4.78 is 7.96. The van der Waals surface area contributed by atoms with E-state index in [1.807, 2.05) is 12.3 Å². The van der Waals surface area contributed by atoms with Gasteiger partial charge >= 0.3 is 0 Å². The molecule has 2 aliphatic heterocycles. The monoisotopic (exact) mass is 303 g/mol. The zero-order chi connectivity index (χ0) is 14.1. The van der Waals surface area contributed by atoms with Gasteiger partial charge in [-0.25, -0.2) is 9.97 Å². The van der Waals surface area contributed by atoms with Gasteiger partial charge in [0.25, 0.3) is 0 Å². The molecule has 1 unspecified atom stereocenters. The quantitative estimate of drug-likeness (QED) is 0.873. The molecule has 112 valence electrons. The first kappa shape index (κ1) is 13.6. The van der Waals surface area contributed by atoms with Crippen molar-refractivity contribution < 1.29 is 4.74 Å². The van der Waals surface area contributed by atoms with Crippen molar-refractivity contribution in [1.29, 1.82) is 0 Å². The molecule has 2 saturated heterocycles. The van der Waals surface area contributed by atoms with E-state index in [-0.39, 0.29) is 0 Å². The Morgan fingerprint density at radius 1 is 1.29 bits per heavy atom. The van der Waals surface area contributed by atoms with E-state index in [0.717, 1.165) is 43.3 Å². The van der Waals surface area contributed by atoms with Crippen LogP contribution in [0.2, 0.25) is 0 Å². The van der Waals surface area contributed by atoms with Crippen LogP contribution in [0.15, 0.2) is 18.3 Å². The first-order valence-corrected chi connectivity index (χ1v) is 9.04. The highest BCUT2D eigenvalue weighted by molar-refractivity contribution is 7.99. The Labute approximate surface area is 129 Å². The number of fused-ring (bicyclic) bond motifs is 1. The lowest BCUT2D eigenvalue weighted by Crippen LogP contribution is -2.19. The summed E-state index contributed by atoms with van der Waals surface area (Å²) in [5, 5.41) is 0. The van der Waals surface area contributed by atoms with E-state index in [1.54, 1.807) is 0 Å². The summed E-state index contributed by atoms with van der Waals surface area (Å²) in [6, 6.07) is 4.06. The fraction of sp³-hybridized carbons (Fsp3) is 0.625. The molecule has 0 saturated carbocycles. The van der Waals surface area contributed by atoms with Crippen molar-refractivity contribution in [2.75, 3.05) is 24.7 Å². The van der Waals surface area contributed by atoms with Crippen LogP contribution < -0.4 is 0 Å². The predicted molar refractivity (Wildman–Crippen MR) is 85.8 cm³/mol. The molecule has 0 aliphatic carbocycles. The maximum Gasteiger partial charge on any atom is 0.160 e. The molecule has 2 aliphatic rings. The van der Waals surface area contributed by atoms with Crippen LogP contribution in [-0.2, 0) is 11.3 Å². The summed E-state index contributed by atoms with van der Waals surface area (Å²) in [7, 11) is 0. The van der Waals surface area contributed by atoms with Crippen molar-refractivity contribution in [1.82, 2.24) is 14.5 Å². The van der Waals surface area contributed by atoms with Gasteiger partial charge in [0.05, 0.1) is 6.61 Å². The molecule has 2 fully saturated rings. The van der Waals surface area contributed by atoms with Gasteiger partial charge in [-0.1, -0.05) is 0 Å². The van der Waals surface area contributed by atoms with Gasteiger partial charge in [-0.2, -0.15) is 11.8 Å². The number of hydrogen-bond acceptors (Lipinski definition) is 4. The smallest absolute Gasteiger partial charge is 0.160 e. The summed E-state index contributed by atoms with van der Waals surface area (Å²) in [5.41, 5.74) is 2.09. The summed E-state index contributed by atoms with van der Waals surface area (Å²) in [4.78, 5) is 9.47. The van der Waals surface area contributed by atoms with Gasteiger partial charge in [0, 0.05) is 25.3 Å². The predicted octanol–water partition coefficient (Wildman–Crippen LogP) is 3.08. The third-order valence-corrected chi connectivity index (χ3v) is 5.66. The molecule has 0 aromatic carbocycles. The van der Waals surface area contributed by atoms with E-state index in [2.05, 4.69) is 27.4 Å². The van der Waals surface area contributed by atoms with Crippen molar-refractivity contribution in [3.05, 3.63) is 24.2 Å². The molecule has 0 N–H and O–H groups in total. The number of ether oxygens (including phenoxy) is 1. The summed E-state index contributed by atoms with van der Waals surface area (Å²) in [6.45, 7) is 2.74. The number of pyridine rings is 1. The Morgan fingerprint density at radius 2 is 2.19 bits per heavy atom. The molecule has 0 amide bonds. The molecule has 0 spiro atoms. The van der Waals surface area contributed by atoms with Crippen LogP contribution in [0.4, 0.5) is 0 Å². The van der Waals surface area contributed by atoms with Gasteiger partial charge < -0.3 is 9.30 Å². The average molecular weight is 303 g/mol. The zero-order valence-electron chi connectivity index (χ0n) is 12.2. The minimum absolute atomic E-state index is 0.442. The highest BCUT2D eigenvalue weighted by Gasteiger charge is 2.26. The maximum atomic E-state index is 5.58. The fourth-order valence-corrected chi connectivity index (χ4v) is 4.60. The molecule has 2 aromatic heterocycles. The van der Waals surface area contributed by atoms with Gasteiger partial charge in [0.1, 0.15) is 11.3 Å². The van der Waals surface area contributed by atoms with Crippen molar-refractivity contribution in [2.45, 2.75) is 31.7 Å². The number of aromatic nitrogens is 3. The molecule has 4 nitrogen and oxygen atoms in total. The van der Waals surface area contributed by atoms with Crippen molar-refractivity contribution in [2.24, 2.45) is 5.92 Å². The van der Waals surface area contributed by atoms with Crippen molar-refractivity contribution in [3.63, 3.8) is 0 Å². The van der Waals surface area contributed by atoms with Crippen LogP contribution in [-0.4, -0.2) is 39.3 Å². The second-order valence-corrected chi connectivity index (χ2v) is 7.27. The summed E-state index contributed by atoms with van der Waals surface area (Å²) in [6.07, 6.45) is 5.60. The van der Waals surface area contributed by atoms with E-state index in [4.69, 9.17) is 9.72 Å². The standard InChI is InChI=1S/C16H21N3OS/c1-2-14-16(17-6-1)19(10-12-4-8-21-9-5-12)15(18-14)13-3-7-20-11-13/h1-2,6,12-13H,3-5,7-11H2. The van der Waals surface area contributed by atoms with E-state index in [9.17, 15) is 0 Å². The van der Waals surface area contributed by atoms with Gasteiger partial charge in [-0.05, 0) is 48.8 Å². The third-order valence-electron chi connectivity index (χ3n) is 4.61. The number of nitrogens with zero attached hydrogens (tertiary/aromatic N) is 3. The number of thioether (sulfide) groups is 1. The normalized spacial score (nSPS) is 23.9. The van der Waals surface area contributed by atoms with Crippen LogP contribution in [0, 0.1) is 5.92 Å². The minimum atomic E-state index is 0.442. The Bertz CT molecular complexity index is 615. The Hall–Kier alpha value is -1.07. The maximum absolute atomic E-state index is 5.58. The molecule has 4 rings (SSSR count). The molecule has 0 radical (unpaired) electrons. The van der Waals surface area contributed by atoms with E-state index in [1.165, 1.54) is 30.2 Å². The lowest BCUT2D eigenvalue weighted by molar-refractivity contribution is 0.192. The summed E-state index contributed by atoms with van der Waals surface area (Å²) in [5.74, 6) is 5.00. The largest absolute Gasteiger partial charge is 0.381 e. The van der Waals surface area contributed by atoms with Gasteiger partial charge in [-0.15, -0.1) is 0 Å². The van der Waals surface area contributed by atoms with Crippen LogP contribution >= 0.6 is 11.8 Å². The summed E-state index contributed by atoms with van der Waals surface area (Å²) >= 11 is 2.08. The van der Waals surface area contributed by atoms with E-state index in [0.29, 0.717) is 5.92 Å². The van der Waals surface area contributed by atoms with Gasteiger partial charge in [0.2, 0.25) is 0 Å². The molecule has 1 atom stereocenters. The van der Waals surface area contributed by atoms with Crippen molar-refractivity contribution in [3.8, 4) is 0 Å². The van der Waals surface area contributed by atoms with Crippen LogP contribution in [0.25, 0.3) is 11.2 Å². The zero-order valence-corrected chi connectivity index (χ0v) is 13.0. The highest BCUT2D eigenvalue weighted by atomic mass is 32.2. The van der Waals surface area contributed by atoms with Crippen LogP contribution in [0.5, 0.6) is 0 Å². The van der Waals surface area contributed by atoms with Gasteiger partial charge in [-0.3, -0.25) is 0 Å². The molecule has 4 heterocycles. The Kier molecular flexibility index (Phi) is 3.86. The number of hydrogen-bond donors (Lipinski definition) is 0. The number of imidazole rings is 1. The van der Waals surface area contributed by atoms with Crippen LogP contribution in [0.1, 0.15) is 31.0 Å². The molecule has 0 bridgehead atoms. The Balaban J connectivity index is 1.70. The Morgan fingerprint density at radius 3 is 3.00 bits per heavy atom. The minimum Gasteiger partial charge on any atom is -0.381 e. The lowest BCUT2D eigenvalue weighted by Gasteiger charge is -2.23. The SMILES string of the molecule is c1cnc2c(c1)nc(C1CCOC1)n2CC1CCSCC1. The second-order valence-electron chi connectivity index (χ2n) is 6.04.